The summed E-state index contributed by atoms with van der Waals surface area (Å²) in [5.74, 6) is -1.16. The maximum atomic E-state index is 13.5. The Labute approximate surface area is 222 Å². The van der Waals surface area contributed by atoms with Crippen LogP contribution in [0.5, 0.6) is 17.2 Å². The van der Waals surface area contributed by atoms with Crippen LogP contribution >= 0.6 is 0 Å². The number of phenols is 3. The molecule has 208 valence electrons. The Bertz CT molecular complexity index is 1200. The first-order valence-corrected chi connectivity index (χ1v) is 12.5. The molecule has 0 saturated heterocycles. The molecule has 1 amide bonds. The van der Waals surface area contributed by atoms with Gasteiger partial charge in [0.15, 0.2) is 0 Å². The Hall–Kier alpha value is -3.31. The standard InChI is InChI=1S/C28H38N2O8/c1-16(8-9-23(35)28(4,38)12-10-22(34)27(2,3)37)11-13-30-19-14-17(31)15-21(33)25(19)29-24-18(26(30)36)6-5-7-20(24)32/h5-7,11,14-15,22-23,29,31-35,37-38H,8-10,12-13H2,1-4H3. The van der Waals surface area contributed by atoms with Crippen molar-refractivity contribution in [3.8, 4) is 17.2 Å². The van der Waals surface area contributed by atoms with Crippen LogP contribution in [0.2, 0.25) is 0 Å². The second-order valence-corrected chi connectivity index (χ2v) is 10.8. The third-order valence-electron chi connectivity index (χ3n) is 7.03. The van der Waals surface area contributed by atoms with Gasteiger partial charge in [0.2, 0.25) is 0 Å². The fourth-order valence-corrected chi connectivity index (χ4v) is 4.32. The molecule has 1 aliphatic heterocycles. The molecule has 0 bridgehead atoms. The minimum Gasteiger partial charge on any atom is -0.508 e. The fourth-order valence-electron chi connectivity index (χ4n) is 4.32. The molecule has 2 aromatic rings. The molecule has 3 atom stereocenters. The van der Waals surface area contributed by atoms with Gasteiger partial charge in [0.05, 0.1) is 40.3 Å². The minimum absolute atomic E-state index is 0.0710. The first-order chi connectivity index (χ1) is 17.6. The number of allylic oxidation sites excluding steroid dienone is 1. The summed E-state index contributed by atoms with van der Waals surface area (Å²) in [6.07, 6.45) is 0.470. The van der Waals surface area contributed by atoms with E-state index in [2.05, 4.69) is 5.32 Å². The van der Waals surface area contributed by atoms with Gasteiger partial charge in [-0.05, 0) is 65.5 Å². The van der Waals surface area contributed by atoms with E-state index in [-0.39, 0.29) is 65.7 Å². The van der Waals surface area contributed by atoms with Gasteiger partial charge in [0.1, 0.15) is 22.9 Å². The van der Waals surface area contributed by atoms with Crippen molar-refractivity contribution in [1.82, 2.24) is 0 Å². The van der Waals surface area contributed by atoms with Gasteiger partial charge in [0.25, 0.3) is 5.91 Å². The highest BCUT2D eigenvalue weighted by atomic mass is 16.3. The minimum atomic E-state index is -1.47. The quantitative estimate of drug-likeness (QED) is 0.130. The van der Waals surface area contributed by atoms with Crippen LogP contribution in [0.1, 0.15) is 63.7 Å². The molecule has 10 heteroatoms. The molecule has 1 aliphatic rings. The number of amides is 1. The number of hydrogen-bond donors (Lipinski definition) is 8. The Kier molecular flexibility index (Phi) is 8.62. The van der Waals surface area contributed by atoms with Gasteiger partial charge in [-0.1, -0.05) is 17.7 Å². The van der Waals surface area contributed by atoms with E-state index in [0.717, 1.165) is 11.6 Å². The zero-order chi connectivity index (χ0) is 28.4. The first kappa shape index (κ1) is 29.2. The summed E-state index contributed by atoms with van der Waals surface area (Å²) in [4.78, 5) is 14.8. The van der Waals surface area contributed by atoms with Crippen molar-refractivity contribution in [1.29, 1.82) is 0 Å². The van der Waals surface area contributed by atoms with Gasteiger partial charge >= 0.3 is 0 Å². The molecule has 2 aromatic carbocycles. The first-order valence-electron chi connectivity index (χ1n) is 12.5. The highest BCUT2D eigenvalue weighted by molar-refractivity contribution is 6.15. The van der Waals surface area contributed by atoms with Crippen LogP contribution in [-0.4, -0.2) is 71.6 Å². The third kappa shape index (κ3) is 6.57. The molecule has 0 aliphatic carbocycles. The number of benzene rings is 2. The number of para-hydroxylation sites is 1. The van der Waals surface area contributed by atoms with Crippen molar-refractivity contribution >= 4 is 23.0 Å². The van der Waals surface area contributed by atoms with Gasteiger partial charge < -0.3 is 46.0 Å². The summed E-state index contributed by atoms with van der Waals surface area (Å²) in [6.45, 7) is 6.33. The van der Waals surface area contributed by atoms with Gasteiger partial charge in [-0.15, -0.1) is 0 Å². The predicted octanol–water partition coefficient (Wildman–Crippen LogP) is 3.26. The number of fused-ring (bicyclic) bond motifs is 2. The van der Waals surface area contributed by atoms with E-state index >= 15 is 0 Å². The van der Waals surface area contributed by atoms with Crippen LogP contribution in [0.4, 0.5) is 17.1 Å². The molecule has 8 N–H and O–H groups in total. The van der Waals surface area contributed by atoms with Crippen LogP contribution in [0.25, 0.3) is 0 Å². The molecule has 0 saturated carbocycles. The summed E-state index contributed by atoms with van der Waals surface area (Å²) >= 11 is 0. The van der Waals surface area contributed by atoms with Crippen molar-refractivity contribution in [2.75, 3.05) is 16.8 Å². The van der Waals surface area contributed by atoms with Gasteiger partial charge in [-0.2, -0.15) is 0 Å². The molecule has 10 nitrogen and oxygen atoms in total. The Morgan fingerprint density at radius 3 is 2.34 bits per heavy atom. The van der Waals surface area contributed by atoms with Crippen molar-refractivity contribution < 1.29 is 40.5 Å². The number of anilines is 3. The van der Waals surface area contributed by atoms with Crippen LogP contribution in [0.3, 0.4) is 0 Å². The number of aliphatic hydroxyl groups excluding tert-OH is 2. The lowest BCUT2D eigenvalue weighted by atomic mass is 9.86. The average Bonchev–Trinajstić information content (AvgIpc) is 2.94. The number of nitrogens with zero attached hydrogens (tertiary/aromatic N) is 1. The number of aliphatic hydroxyl groups is 4. The smallest absolute Gasteiger partial charge is 0.260 e. The second kappa shape index (κ2) is 11.2. The highest BCUT2D eigenvalue weighted by Gasteiger charge is 2.34. The molecule has 0 radical (unpaired) electrons. The number of hydrogen-bond acceptors (Lipinski definition) is 9. The van der Waals surface area contributed by atoms with Crippen LogP contribution in [0, 0.1) is 0 Å². The van der Waals surface area contributed by atoms with Gasteiger partial charge in [0, 0.05) is 18.7 Å². The number of aromatic hydroxyl groups is 3. The SMILES string of the molecule is CC(=CCN1C(=O)c2cccc(O)c2Nc2c(O)cc(O)cc21)CCC(O)C(C)(O)CCC(O)C(C)(C)O. The van der Waals surface area contributed by atoms with Crippen molar-refractivity contribution in [3.63, 3.8) is 0 Å². The van der Waals surface area contributed by atoms with Gasteiger partial charge in [-0.25, -0.2) is 0 Å². The maximum Gasteiger partial charge on any atom is 0.260 e. The molecule has 0 aromatic heterocycles. The van der Waals surface area contributed by atoms with Crippen molar-refractivity contribution in [2.24, 2.45) is 0 Å². The van der Waals surface area contributed by atoms with E-state index in [1.807, 2.05) is 6.92 Å². The van der Waals surface area contributed by atoms with Crippen LogP contribution in [-0.2, 0) is 0 Å². The zero-order valence-electron chi connectivity index (χ0n) is 22.1. The molecule has 1 heterocycles. The van der Waals surface area contributed by atoms with Crippen molar-refractivity contribution in [2.45, 2.75) is 76.8 Å². The second-order valence-electron chi connectivity index (χ2n) is 10.8. The lowest BCUT2D eigenvalue weighted by Gasteiger charge is -2.32. The monoisotopic (exact) mass is 530 g/mol. The molecular weight excluding hydrogens is 492 g/mol. The van der Waals surface area contributed by atoms with E-state index < -0.39 is 29.3 Å². The van der Waals surface area contributed by atoms with Crippen LogP contribution in [0.15, 0.2) is 42.0 Å². The van der Waals surface area contributed by atoms with Crippen LogP contribution < -0.4 is 10.2 Å². The molecule has 3 rings (SSSR count). The largest absolute Gasteiger partial charge is 0.508 e. The van der Waals surface area contributed by atoms with E-state index in [1.54, 1.807) is 12.1 Å². The molecular formula is C28H38N2O8. The van der Waals surface area contributed by atoms with Crippen molar-refractivity contribution in [3.05, 3.63) is 47.5 Å². The van der Waals surface area contributed by atoms with E-state index in [4.69, 9.17) is 0 Å². The molecule has 3 unspecified atom stereocenters. The summed E-state index contributed by atoms with van der Waals surface area (Å²) in [5.41, 5.74) is -1.26. The predicted molar refractivity (Wildman–Crippen MR) is 144 cm³/mol. The lowest BCUT2D eigenvalue weighted by Crippen LogP contribution is -2.42. The zero-order valence-corrected chi connectivity index (χ0v) is 22.1. The number of nitrogens with one attached hydrogen (secondary N) is 1. The highest BCUT2D eigenvalue weighted by Crippen LogP contribution is 2.45. The molecule has 38 heavy (non-hydrogen) atoms. The molecule has 0 fully saturated rings. The van der Waals surface area contributed by atoms with E-state index in [9.17, 15) is 40.5 Å². The normalized spacial score (nSPS) is 17.1. The summed E-state index contributed by atoms with van der Waals surface area (Å²) < 4.78 is 0. The third-order valence-corrected chi connectivity index (χ3v) is 7.03. The number of carbonyl (C=O) groups is 1. The Balaban J connectivity index is 1.75. The van der Waals surface area contributed by atoms with Gasteiger partial charge in [-0.3, -0.25) is 4.79 Å². The Morgan fingerprint density at radius 2 is 1.68 bits per heavy atom. The van der Waals surface area contributed by atoms with E-state index in [0.29, 0.717) is 6.42 Å². The number of rotatable bonds is 10. The number of phenolic OH excluding ortho intramolecular Hbond substituents is 3. The lowest BCUT2D eigenvalue weighted by molar-refractivity contribution is -0.0946. The average molecular weight is 531 g/mol. The fraction of sp³-hybridized carbons (Fsp3) is 0.464. The summed E-state index contributed by atoms with van der Waals surface area (Å²) in [5, 5.41) is 75.0. The summed E-state index contributed by atoms with van der Waals surface area (Å²) in [7, 11) is 0. The topological polar surface area (TPSA) is 174 Å². The number of carbonyl (C=O) groups excluding carboxylic acids is 1. The maximum absolute atomic E-state index is 13.5. The summed E-state index contributed by atoms with van der Waals surface area (Å²) in [6, 6.07) is 6.98. The molecule has 0 spiro atoms. The van der Waals surface area contributed by atoms with E-state index in [1.165, 1.54) is 43.9 Å². The Morgan fingerprint density at radius 1 is 1.00 bits per heavy atom.